The molecule has 0 saturated carbocycles. The van der Waals surface area contributed by atoms with Gasteiger partial charge in [0.05, 0.1) is 27.4 Å². The lowest BCUT2D eigenvalue weighted by atomic mass is 10.1. The van der Waals surface area contributed by atoms with Crippen molar-refractivity contribution >= 4 is 21.4 Å². The van der Waals surface area contributed by atoms with E-state index in [4.69, 9.17) is 14.2 Å². The number of benzene rings is 2. The molecule has 0 amide bonds. The summed E-state index contributed by atoms with van der Waals surface area (Å²) in [6.45, 7) is 5.78. The van der Waals surface area contributed by atoms with Crippen LogP contribution in [0.25, 0.3) is 10.1 Å². The smallest absolute Gasteiger partial charge is 0.160 e. The van der Waals surface area contributed by atoms with E-state index in [9.17, 15) is 5.11 Å². The van der Waals surface area contributed by atoms with Crippen LogP contribution in [0.3, 0.4) is 0 Å². The molecule has 5 nitrogen and oxygen atoms in total. The van der Waals surface area contributed by atoms with Gasteiger partial charge in [0.25, 0.3) is 0 Å². The van der Waals surface area contributed by atoms with E-state index in [1.165, 1.54) is 15.6 Å². The summed E-state index contributed by atoms with van der Waals surface area (Å²) in [6.07, 6.45) is 0.327. The summed E-state index contributed by atoms with van der Waals surface area (Å²) in [5, 5.41) is 13.7. The predicted molar refractivity (Wildman–Crippen MR) is 123 cm³/mol. The van der Waals surface area contributed by atoms with Crippen LogP contribution in [-0.4, -0.2) is 57.1 Å². The van der Waals surface area contributed by atoms with Gasteiger partial charge in [0.2, 0.25) is 0 Å². The topological polar surface area (TPSA) is 51.2 Å². The van der Waals surface area contributed by atoms with E-state index in [0.29, 0.717) is 13.2 Å². The van der Waals surface area contributed by atoms with Crippen LogP contribution < -0.4 is 9.47 Å². The van der Waals surface area contributed by atoms with Crippen LogP contribution in [0, 0.1) is 0 Å². The highest BCUT2D eigenvalue weighted by molar-refractivity contribution is 7.17. The van der Waals surface area contributed by atoms with Gasteiger partial charge in [-0.2, -0.15) is 0 Å². The second-order valence-electron chi connectivity index (χ2n) is 7.18. The van der Waals surface area contributed by atoms with Gasteiger partial charge in [-0.25, -0.2) is 0 Å². The molecule has 0 aliphatic heterocycles. The van der Waals surface area contributed by atoms with Crippen molar-refractivity contribution in [2.75, 3.05) is 47.1 Å². The van der Waals surface area contributed by atoms with E-state index in [-0.39, 0.29) is 0 Å². The molecule has 0 radical (unpaired) electrons. The number of thiophene rings is 1. The molecule has 3 rings (SSSR count). The van der Waals surface area contributed by atoms with Crippen molar-refractivity contribution in [3.8, 4) is 11.5 Å². The van der Waals surface area contributed by atoms with Gasteiger partial charge in [0.15, 0.2) is 11.5 Å². The molecular weight excluding hydrogens is 398 g/mol. The minimum atomic E-state index is -0.601. The third-order valence-corrected chi connectivity index (χ3v) is 6.20. The zero-order chi connectivity index (χ0) is 21.3. The molecular formula is C24H31NO4S. The van der Waals surface area contributed by atoms with Gasteiger partial charge in [-0.1, -0.05) is 19.1 Å². The zero-order valence-electron chi connectivity index (χ0n) is 18.0. The molecule has 1 heterocycles. The van der Waals surface area contributed by atoms with E-state index >= 15 is 0 Å². The first-order valence-corrected chi connectivity index (χ1v) is 11.2. The number of rotatable bonds is 12. The number of aliphatic hydroxyl groups is 1. The maximum Gasteiger partial charge on any atom is 0.160 e. The van der Waals surface area contributed by atoms with Gasteiger partial charge < -0.3 is 24.2 Å². The Balaban J connectivity index is 1.41. The first-order valence-electron chi connectivity index (χ1n) is 10.3. The van der Waals surface area contributed by atoms with E-state index in [0.717, 1.165) is 43.1 Å². The first kappa shape index (κ1) is 22.6. The molecule has 0 spiro atoms. The summed E-state index contributed by atoms with van der Waals surface area (Å²) in [4.78, 5) is 2.35. The van der Waals surface area contributed by atoms with Crippen molar-refractivity contribution < 1.29 is 19.3 Å². The van der Waals surface area contributed by atoms with Crippen LogP contribution in [0.15, 0.2) is 47.8 Å². The molecule has 1 atom stereocenters. The molecule has 0 aliphatic carbocycles. The largest absolute Gasteiger partial charge is 0.493 e. The lowest BCUT2D eigenvalue weighted by Gasteiger charge is -2.21. The predicted octanol–water partition coefficient (Wildman–Crippen LogP) is 4.53. The Morgan fingerprint density at radius 2 is 1.83 bits per heavy atom. The normalized spacial score (nSPS) is 12.4. The molecule has 30 heavy (non-hydrogen) atoms. The van der Waals surface area contributed by atoms with Crippen molar-refractivity contribution in [3.63, 3.8) is 0 Å². The fraction of sp³-hybridized carbons (Fsp3) is 0.417. The molecule has 162 valence electrons. The maximum absolute atomic E-state index is 10.4. The molecule has 0 saturated heterocycles. The molecule has 0 aliphatic rings. The third-order valence-electron chi connectivity index (χ3n) is 5.30. The van der Waals surface area contributed by atoms with E-state index in [1.54, 1.807) is 25.6 Å². The quantitative estimate of drug-likeness (QED) is 0.429. The van der Waals surface area contributed by atoms with Crippen LogP contribution in [0.4, 0.5) is 0 Å². The summed E-state index contributed by atoms with van der Waals surface area (Å²) in [5.41, 5.74) is 2.12. The van der Waals surface area contributed by atoms with Gasteiger partial charge in [-0.05, 0) is 65.2 Å². The van der Waals surface area contributed by atoms with Gasteiger partial charge in [0.1, 0.15) is 6.10 Å². The minimum Gasteiger partial charge on any atom is -0.493 e. The average molecular weight is 430 g/mol. The van der Waals surface area contributed by atoms with Crippen LogP contribution in [-0.2, 0) is 11.2 Å². The second-order valence-corrected chi connectivity index (χ2v) is 8.13. The van der Waals surface area contributed by atoms with Crippen LogP contribution in [0.1, 0.15) is 24.2 Å². The molecule has 3 aromatic rings. The average Bonchev–Trinajstić information content (AvgIpc) is 3.26. The molecule has 1 aromatic heterocycles. The van der Waals surface area contributed by atoms with Gasteiger partial charge in [-0.3, -0.25) is 0 Å². The van der Waals surface area contributed by atoms with E-state index < -0.39 is 6.10 Å². The number of hydrogen-bond donors (Lipinski definition) is 1. The lowest BCUT2D eigenvalue weighted by Crippen LogP contribution is -2.30. The summed E-state index contributed by atoms with van der Waals surface area (Å²) < 4.78 is 17.7. The Kier molecular flexibility index (Phi) is 8.51. The van der Waals surface area contributed by atoms with Gasteiger partial charge >= 0.3 is 0 Å². The third kappa shape index (κ3) is 5.95. The molecule has 0 bridgehead atoms. The Morgan fingerprint density at radius 3 is 2.60 bits per heavy atom. The molecule has 1 unspecified atom stereocenters. The molecule has 1 N–H and O–H groups in total. The van der Waals surface area contributed by atoms with Crippen LogP contribution >= 0.6 is 11.3 Å². The molecule has 2 aromatic carbocycles. The monoisotopic (exact) mass is 429 g/mol. The van der Waals surface area contributed by atoms with Crippen LogP contribution in [0.5, 0.6) is 11.5 Å². The highest BCUT2D eigenvalue weighted by atomic mass is 32.1. The molecule has 6 heteroatoms. The lowest BCUT2D eigenvalue weighted by molar-refractivity contribution is 0.0270. The number of methoxy groups -OCH3 is 2. The standard InChI is InChI=1S/C24H31NO4S/c1-4-25(11-9-18-5-7-22(27-2)23(15-18)28-3)12-13-29-17-21(26)19-6-8-24-20(16-19)10-14-30-24/h5-8,10,14-16,21,26H,4,9,11-13,17H2,1-3H3. The number of fused-ring (bicyclic) bond motifs is 1. The second kappa shape index (κ2) is 11.3. The number of aliphatic hydroxyl groups excluding tert-OH is 1. The Hall–Kier alpha value is -2.12. The highest BCUT2D eigenvalue weighted by Crippen LogP contribution is 2.28. The number of nitrogens with zero attached hydrogens (tertiary/aromatic N) is 1. The number of ether oxygens (including phenoxy) is 3. The maximum atomic E-state index is 10.4. The number of likely N-dealkylation sites (N-methyl/N-ethyl adjacent to an activating group) is 1. The Morgan fingerprint density at radius 1 is 1.00 bits per heavy atom. The SMILES string of the molecule is CCN(CCOCC(O)c1ccc2sccc2c1)CCc1ccc(OC)c(OC)c1. The van der Waals surface area contributed by atoms with Crippen molar-refractivity contribution in [1.29, 1.82) is 0 Å². The highest BCUT2D eigenvalue weighted by Gasteiger charge is 2.10. The van der Waals surface area contributed by atoms with Crippen molar-refractivity contribution in [1.82, 2.24) is 4.90 Å². The summed E-state index contributed by atoms with van der Waals surface area (Å²) in [7, 11) is 3.30. The summed E-state index contributed by atoms with van der Waals surface area (Å²) in [5.74, 6) is 1.51. The van der Waals surface area contributed by atoms with Crippen LogP contribution in [0.2, 0.25) is 0 Å². The summed E-state index contributed by atoms with van der Waals surface area (Å²) in [6, 6.07) is 14.2. The van der Waals surface area contributed by atoms with Gasteiger partial charge in [0, 0.05) is 17.8 Å². The van der Waals surface area contributed by atoms with E-state index in [1.807, 2.05) is 24.3 Å². The minimum absolute atomic E-state index is 0.308. The fourth-order valence-electron chi connectivity index (χ4n) is 3.43. The van der Waals surface area contributed by atoms with E-state index in [2.05, 4.69) is 35.4 Å². The number of hydrogen-bond acceptors (Lipinski definition) is 6. The Bertz CT molecular complexity index is 926. The van der Waals surface area contributed by atoms with Crippen molar-refractivity contribution in [3.05, 3.63) is 59.0 Å². The summed E-state index contributed by atoms with van der Waals surface area (Å²) >= 11 is 1.71. The van der Waals surface area contributed by atoms with Crippen molar-refractivity contribution in [2.45, 2.75) is 19.4 Å². The van der Waals surface area contributed by atoms with Gasteiger partial charge in [-0.15, -0.1) is 11.3 Å². The zero-order valence-corrected chi connectivity index (χ0v) is 18.8. The Labute approximate surface area is 182 Å². The molecule has 0 fully saturated rings. The fourth-order valence-corrected chi connectivity index (χ4v) is 4.20. The first-order chi connectivity index (χ1) is 14.6. The van der Waals surface area contributed by atoms with Crippen molar-refractivity contribution in [2.24, 2.45) is 0 Å².